The van der Waals surface area contributed by atoms with E-state index in [-0.39, 0.29) is 5.82 Å². The van der Waals surface area contributed by atoms with Gasteiger partial charge in [0.15, 0.2) is 0 Å². The second kappa shape index (κ2) is 11.5. The summed E-state index contributed by atoms with van der Waals surface area (Å²) >= 11 is 0. The van der Waals surface area contributed by atoms with Gasteiger partial charge in [0, 0.05) is 67.0 Å². The van der Waals surface area contributed by atoms with Crippen LogP contribution in [0.25, 0.3) is 23.3 Å². The highest BCUT2D eigenvalue weighted by Gasteiger charge is 2.22. The van der Waals surface area contributed by atoms with Crippen molar-refractivity contribution < 1.29 is 4.39 Å². The number of nitrogens with two attached hydrogens (primary N) is 2. The molecule has 2 aliphatic rings. The molecule has 0 bridgehead atoms. The fourth-order valence-corrected chi connectivity index (χ4v) is 4.79. The second-order valence-corrected chi connectivity index (χ2v) is 9.51. The third-order valence-corrected chi connectivity index (χ3v) is 6.76. The first-order valence-electron chi connectivity index (χ1n) is 12.5. The summed E-state index contributed by atoms with van der Waals surface area (Å²) in [5.74, 6) is -0.382. The molecule has 0 atom stereocenters. The van der Waals surface area contributed by atoms with Crippen molar-refractivity contribution in [3.05, 3.63) is 70.4 Å². The van der Waals surface area contributed by atoms with Crippen LogP contribution in [0.4, 0.5) is 10.1 Å². The average Bonchev–Trinajstić information content (AvgIpc) is 2.86. The maximum Gasteiger partial charge on any atom is 0.131 e. The zero-order valence-corrected chi connectivity index (χ0v) is 21.0. The number of nitrogens with one attached hydrogen (secondary N) is 2. The molecule has 2 saturated heterocycles. The number of piperazine rings is 1. The van der Waals surface area contributed by atoms with Crippen LogP contribution in [-0.4, -0.2) is 53.4 Å². The van der Waals surface area contributed by atoms with E-state index in [0.29, 0.717) is 39.9 Å². The van der Waals surface area contributed by atoms with E-state index in [0.717, 1.165) is 49.2 Å². The molecule has 36 heavy (non-hydrogen) atoms. The monoisotopic (exact) mass is 489 g/mol. The average molecular weight is 490 g/mol. The first kappa shape index (κ1) is 25.6. The van der Waals surface area contributed by atoms with Crippen molar-refractivity contribution in [3.8, 4) is 11.1 Å². The molecule has 0 unspecified atom stereocenters. The third kappa shape index (κ3) is 6.19. The Morgan fingerprint density at radius 1 is 1.11 bits per heavy atom. The highest BCUT2D eigenvalue weighted by molar-refractivity contribution is 5.96. The first-order chi connectivity index (χ1) is 17.3. The standard InChI is InChI=1S/C28H36FN7/c1-19(30)12-22-13-25(26-16-33-17-28(32)20(26)2)27(29)14-21(22)6-7-23(31)15-24-18-36(11-8-34-24)35-9-4-3-5-10-35/h6,12-17,31,34H,1,3-5,7-11,18,30,32H2,2H3/b21-6-,22-12-,24-15-,31-23?. The van der Waals surface area contributed by atoms with Gasteiger partial charge in [-0.3, -0.25) is 4.98 Å². The van der Waals surface area contributed by atoms with Gasteiger partial charge in [0.2, 0.25) is 0 Å². The zero-order chi connectivity index (χ0) is 25.7. The Morgan fingerprint density at radius 3 is 2.64 bits per heavy atom. The predicted molar refractivity (Wildman–Crippen MR) is 146 cm³/mol. The molecule has 190 valence electrons. The van der Waals surface area contributed by atoms with Gasteiger partial charge in [0.25, 0.3) is 0 Å². The van der Waals surface area contributed by atoms with E-state index in [4.69, 9.17) is 16.9 Å². The molecule has 8 heteroatoms. The maximum atomic E-state index is 15.2. The Morgan fingerprint density at radius 2 is 1.89 bits per heavy atom. The van der Waals surface area contributed by atoms with E-state index in [9.17, 15) is 0 Å². The van der Waals surface area contributed by atoms with Crippen molar-refractivity contribution >= 4 is 23.6 Å². The lowest BCUT2D eigenvalue weighted by atomic mass is 9.99. The molecule has 7 nitrogen and oxygen atoms in total. The molecule has 2 fully saturated rings. The van der Waals surface area contributed by atoms with Crippen molar-refractivity contribution in [2.24, 2.45) is 5.73 Å². The highest BCUT2D eigenvalue weighted by Crippen LogP contribution is 2.26. The summed E-state index contributed by atoms with van der Waals surface area (Å²) in [6, 6.07) is 3.22. The summed E-state index contributed by atoms with van der Waals surface area (Å²) in [5.41, 5.74) is 16.0. The lowest BCUT2D eigenvalue weighted by Gasteiger charge is -2.40. The molecule has 3 heterocycles. The Bertz CT molecular complexity index is 1290. The lowest BCUT2D eigenvalue weighted by Crippen LogP contribution is -2.53. The van der Waals surface area contributed by atoms with Crippen LogP contribution in [0.2, 0.25) is 0 Å². The quantitative estimate of drug-likeness (QED) is 0.464. The van der Waals surface area contributed by atoms with Gasteiger partial charge in [-0.1, -0.05) is 19.1 Å². The van der Waals surface area contributed by atoms with Crippen molar-refractivity contribution in [2.45, 2.75) is 32.6 Å². The summed E-state index contributed by atoms with van der Waals surface area (Å²) in [4.78, 5) is 4.13. The maximum absolute atomic E-state index is 15.2. The van der Waals surface area contributed by atoms with Gasteiger partial charge in [0.1, 0.15) is 5.82 Å². The van der Waals surface area contributed by atoms with Crippen LogP contribution in [0.3, 0.4) is 0 Å². The minimum atomic E-state index is -0.382. The number of hydrazine groups is 1. The molecule has 0 amide bonds. The minimum Gasteiger partial charge on any atom is -0.399 e. The molecule has 0 saturated carbocycles. The Hall–Kier alpha value is -3.49. The molecule has 1 aromatic heterocycles. The normalized spacial score (nSPS) is 19.4. The van der Waals surface area contributed by atoms with Crippen LogP contribution in [0.5, 0.6) is 0 Å². The summed E-state index contributed by atoms with van der Waals surface area (Å²) in [5, 5.41) is 18.2. The van der Waals surface area contributed by atoms with Crippen LogP contribution in [-0.2, 0) is 0 Å². The summed E-state index contributed by atoms with van der Waals surface area (Å²) in [6.07, 6.45) is 12.8. The number of nitrogen functional groups attached to an aromatic ring is 1. The van der Waals surface area contributed by atoms with Crippen molar-refractivity contribution in [3.63, 3.8) is 0 Å². The molecule has 2 aliphatic heterocycles. The van der Waals surface area contributed by atoms with E-state index >= 15 is 4.39 Å². The van der Waals surface area contributed by atoms with E-state index in [2.05, 4.69) is 26.9 Å². The molecule has 0 radical (unpaired) electrons. The number of piperidine rings is 1. The highest BCUT2D eigenvalue weighted by atomic mass is 19.1. The smallest absolute Gasteiger partial charge is 0.131 e. The van der Waals surface area contributed by atoms with Crippen molar-refractivity contribution in [1.82, 2.24) is 20.3 Å². The number of benzene rings is 1. The van der Waals surface area contributed by atoms with Gasteiger partial charge in [0.05, 0.1) is 18.4 Å². The van der Waals surface area contributed by atoms with Gasteiger partial charge in [-0.05, 0) is 60.1 Å². The number of pyridine rings is 1. The molecule has 2 aromatic rings. The minimum absolute atomic E-state index is 0.366. The Balaban J connectivity index is 1.57. The number of allylic oxidation sites excluding steroid dienone is 2. The third-order valence-electron chi connectivity index (χ3n) is 6.76. The van der Waals surface area contributed by atoms with Gasteiger partial charge in [-0.15, -0.1) is 0 Å². The SMILES string of the molecule is C=C(N)/C=c1/cc(-c2cncc(N)c2C)c(F)c/c1=C/CC(=N)/C=C1/CN(N2CCCCC2)CCN1. The topological polar surface area (TPSA) is 107 Å². The van der Waals surface area contributed by atoms with Crippen LogP contribution in [0.1, 0.15) is 31.2 Å². The van der Waals surface area contributed by atoms with Gasteiger partial charge in [-0.25, -0.2) is 14.4 Å². The first-order valence-corrected chi connectivity index (χ1v) is 12.5. The van der Waals surface area contributed by atoms with Crippen LogP contribution < -0.4 is 27.2 Å². The van der Waals surface area contributed by atoms with E-state index in [1.807, 2.05) is 19.1 Å². The number of rotatable bonds is 6. The van der Waals surface area contributed by atoms with Crippen LogP contribution >= 0.6 is 0 Å². The van der Waals surface area contributed by atoms with Crippen molar-refractivity contribution in [2.75, 3.05) is 38.5 Å². The van der Waals surface area contributed by atoms with Crippen LogP contribution in [0.15, 0.2) is 48.6 Å². The van der Waals surface area contributed by atoms with E-state index < -0.39 is 0 Å². The van der Waals surface area contributed by atoms with E-state index in [1.165, 1.54) is 25.3 Å². The number of hydrogen-bond acceptors (Lipinski definition) is 7. The summed E-state index contributed by atoms with van der Waals surface area (Å²) in [6.45, 7) is 10.5. The Kier molecular flexibility index (Phi) is 8.18. The molecule has 6 N–H and O–H groups in total. The number of aromatic nitrogens is 1. The molecule has 1 aromatic carbocycles. The predicted octanol–water partition coefficient (Wildman–Crippen LogP) is 2.41. The molecule has 4 rings (SSSR count). The van der Waals surface area contributed by atoms with E-state index in [1.54, 1.807) is 24.5 Å². The molecular weight excluding hydrogens is 453 g/mol. The molecule has 0 aliphatic carbocycles. The van der Waals surface area contributed by atoms with Gasteiger partial charge in [-0.2, -0.15) is 0 Å². The lowest BCUT2D eigenvalue weighted by molar-refractivity contribution is -0.0389. The fraction of sp³-hybridized carbons (Fsp3) is 0.357. The van der Waals surface area contributed by atoms with Gasteiger partial charge < -0.3 is 22.2 Å². The number of halogens is 1. The number of nitrogens with zero attached hydrogens (tertiary/aromatic N) is 3. The van der Waals surface area contributed by atoms with Gasteiger partial charge >= 0.3 is 0 Å². The largest absolute Gasteiger partial charge is 0.399 e. The second-order valence-electron chi connectivity index (χ2n) is 9.51. The zero-order valence-electron chi connectivity index (χ0n) is 21.0. The fourth-order valence-electron chi connectivity index (χ4n) is 4.79. The molecule has 0 spiro atoms. The molecular formula is C28H36FN7. The number of anilines is 1. The summed E-state index contributed by atoms with van der Waals surface area (Å²) in [7, 11) is 0. The summed E-state index contributed by atoms with van der Waals surface area (Å²) < 4.78 is 15.2. The van der Waals surface area contributed by atoms with Crippen LogP contribution in [0, 0.1) is 18.2 Å². The number of hydrogen-bond donors (Lipinski definition) is 4. The van der Waals surface area contributed by atoms with Crippen molar-refractivity contribution in [1.29, 1.82) is 5.41 Å². The Labute approximate surface area is 212 Å².